The lowest BCUT2D eigenvalue weighted by atomic mass is 9.91. The first-order valence-corrected chi connectivity index (χ1v) is 11.4. The van der Waals surface area contributed by atoms with Gasteiger partial charge in [-0.15, -0.1) is 12.4 Å². The van der Waals surface area contributed by atoms with Crippen molar-refractivity contribution in [3.63, 3.8) is 0 Å². The number of hydrogen-bond acceptors (Lipinski definition) is 5. The zero-order valence-electron chi connectivity index (χ0n) is 17.8. The normalized spacial score (nSPS) is 21.5. The maximum absolute atomic E-state index is 13.2. The van der Waals surface area contributed by atoms with Gasteiger partial charge in [-0.3, -0.25) is 15.2 Å². The van der Waals surface area contributed by atoms with E-state index < -0.39 is 0 Å². The van der Waals surface area contributed by atoms with E-state index in [1.807, 2.05) is 30.1 Å². The van der Waals surface area contributed by atoms with Gasteiger partial charge in [-0.1, -0.05) is 55.1 Å². The summed E-state index contributed by atoms with van der Waals surface area (Å²) in [6.45, 7) is 3.69. The van der Waals surface area contributed by atoms with E-state index in [1.165, 1.54) is 12.8 Å². The van der Waals surface area contributed by atoms with Gasteiger partial charge in [0.2, 0.25) is 0 Å². The Kier molecular flexibility index (Phi) is 8.28. The number of halogens is 3. The van der Waals surface area contributed by atoms with E-state index in [1.54, 1.807) is 29.3 Å². The number of phenolic OH excluding ortho intramolecular Hbond substituents is 1. The second-order valence-electron chi connectivity index (χ2n) is 8.09. The summed E-state index contributed by atoms with van der Waals surface area (Å²) < 4.78 is 0. The minimum Gasteiger partial charge on any atom is -0.508 e. The quantitative estimate of drug-likeness (QED) is 0.578. The standard InChI is InChI=1S/C23H26Cl2N4O2.ClH/c1-15-21(23(31)27-28-12-4-2-3-5-13-28)26-29(20-11-8-17(24)14-19(20)25)22(15)16-6-9-18(30)10-7-16;/h6-11,14-15,22,30H,2-5,12-13H2,1H3,(H,27,31);1H/t15-,22+;/m1./s1. The second kappa shape index (κ2) is 10.8. The highest BCUT2D eigenvalue weighted by atomic mass is 35.5. The molecule has 2 heterocycles. The number of hydrazine groups is 1. The third kappa shape index (κ3) is 5.31. The number of aromatic hydroxyl groups is 1. The molecule has 1 amide bonds. The Morgan fingerprint density at radius 2 is 1.72 bits per heavy atom. The topological polar surface area (TPSA) is 68.2 Å². The summed E-state index contributed by atoms with van der Waals surface area (Å²) >= 11 is 12.6. The molecule has 4 rings (SSSR count). The molecule has 9 heteroatoms. The van der Waals surface area contributed by atoms with Gasteiger partial charge < -0.3 is 5.11 Å². The predicted molar refractivity (Wildman–Crippen MR) is 132 cm³/mol. The molecule has 0 aromatic heterocycles. The van der Waals surface area contributed by atoms with Gasteiger partial charge in [-0.25, -0.2) is 5.01 Å². The Labute approximate surface area is 204 Å². The van der Waals surface area contributed by atoms with Crippen molar-refractivity contribution in [3.8, 4) is 5.75 Å². The van der Waals surface area contributed by atoms with Crippen LogP contribution in [0.2, 0.25) is 10.0 Å². The van der Waals surface area contributed by atoms with Crippen molar-refractivity contribution >= 4 is 52.9 Å². The van der Waals surface area contributed by atoms with E-state index in [0.29, 0.717) is 21.4 Å². The molecule has 0 aliphatic carbocycles. The summed E-state index contributed by atoms with van der Waals surface area (Å²) in [6.07, 6.45) is 4.53. The van der Waals surface area contributed by atoms with Crippen molar-refractivity contribution in [2.45, 2.75) is 38.6 Å². The third-order valence-corrected chi connectivity index (χ3v) is 6.41. The third-order valence-electron chi connectivity index (χ3n) is 5.87. The molecular formula is C23H27Cl3N4O2. The van der Waals surface area contributed by atoms with Crippen molar-refractivity contribution in [2.75, 3.05) is 18.1 Å². The van der Waals surface area contributed by atoms with Crippen molar-refractivity contribution in [1.29, 1.82) is 0 Å². The zero-order chi connectivity index (χ0) is 22.0. The molecule has 2 aliphatic heterocycles. The summed E-state index contributed by atoms with van der Waals surface area (Å²) in [6, 6.07) is 12.0. The number of anilines is 1. The number of amides is 1. The lowest BCUT2D eigenvalue weighted by Crippen LogP contribution is -2.46. The van der Waals surface area contributed by atoms with Gasteiger partial charge >= 0.3 is 0 Å². The first-order chi connectivity index (χ1) is 14.9. The highest BCUT2D eigenvalue weighted by Crippen LogP contribution is 2.42. The summed E-state index contributed by atoms with van der Waals surface area (Å²) in [5.74, 6) is -0.195. The lowest BCUT2D eigenvalue weighted by molar-refractivity contribution is -0.119. The number of carbonyl (C=O) groups is 1. The maximum Gasteiger partial charge on any atom is 0.282 e. The lowest BCUT2D eigenvalue weighted by Gasteiger charge is -2.27. The first kappa shape index (κ1) is 24.6. The minimum atomic E-state index is -0.246. The number of rotatable bonds is 4. The molecule has 2 N–H and O–H groups in total. The average Bonchev–Trinajstić information content (AvgIpc) is 2.89. The van der Waals surface area contributed by atoms with Gasteiger partial charge in [0.05, 0.1) is 16.8 Å². The van der Waals surface area contributed by atoms with Crippen LogP contribution in [-0.4, -0.2) is 34.8 Å². The molecule has 2 aliphatic rings. The molecule has 172 valence electrons. The maximum atomic E-state index is 13.2. The Bertz CT molecular complexity index is 976. The average molecular weight is 498 g/mol. The van der Waals surface area contributed by atoms with Gasteiger partial charge in [-0.05, 0) is 48.7 Å². The van der Waals surface area contributed by atoms with Gasteiger partial charge in [0, 0.05) is 24.0 Å². The zero-order valence-corrected chi connectivity index (χ0v) is 20.1. The molecule has 2 atom stereocenters. The van der Waals surface area contributed by atoms with Gasteiger partial charge in [-0.2, -0.15) is 5.10 Å². The monoisotopic (exact) mass is 496 g/mol. The van der Waals surface area contributed by atoms with E-state index in [9.17, 15) is 9.90 Å². The minimum absolute atomic E-state index is 0. The number of hydrazone groups is 1. The van der Waals surface area contributed by atoms with Crippen molar-refractivity contribution in [2.24, 2.45) is 11.0 Å². The molecular weight excluding hydrogens is 471 g/mol. The number of carbonyl (C=O) groups excluding carboxylic acids is 1. The molecule has 1 fully saturated rings. The van der Waals surface area contributed by atoms with Crippen LogP contribution in [0.5, 0.6) is 5.75 Å². The molecule has 2 aromatic carbocycles. The SMILES string of the molecule is C[C@@H]1C(C(=O)NN2CCCCCC2)=NN(c2ccc(Cl)cc2Cl)[C@@H]1c1ccc(O)cc1.Cl. The van der Waals surface area contributed by atoms with Crippen LogP contribution in [-0.2, 0) is 4.79 Å². The van der Waals surface area contributed by atoms with E-state index >= 15 is 0 Å². The molecule has 1 saturated heterocycles. The van der Waals surface area contributed by atoms with Gasteiger partial charge in [0.15, 0.2) is 0 Å². The highest BCUT2D eigenvalue weighted by molar-refractivity contribution is 6.41. The van der Waals surface area contributed by atoms with Crippen molar-refractivity contribution in [3.05, 3.63) is 58.1 Å². The molecule has 2 aromatic rings. The highest BCUT2D eigenvalue weighted by Gasteiger charge is 2.40. The summed E-state index contributed by atoms with van der Waals surface area (Å²) in [5.41, 5.74) is 5.11. The van der Waals surface area contributed by atoms with Crippen LogP contribution in [0.4, 0.5) is 5.69 Å². The Hall–Kier alpha value is -1.99. The van der Waals surface area contributed by atoms with Crippen LogP contribution in [0.1, 0.15) is 44.2 Å². The molecule has 0 radical (unpaired) electrons. The van der Waals surface area contributed by atoms with Crippen LogP contribution < -0.4 is 10.4 Å². The van der Waals surface area contributed by atoms with Crippen LogP contribution in [0.25, 0.3) is 0 Å². The molecule has 0 spiro atoms. The summed E-state index contributed by atoms with van der Waals surface area (Å²) in [5, 5.41) is 19.2. The second-order valence-corrected chi connectivity index (χ2v) is 8.94. The fraction of sp³-hybridized carbons (Fsp3) is 0.391. The predicted octanol–water partition coefficient (Wildman–Crippen LogP) is 5.58. The van der Waals surface area contributed by atoms with Crippen LogP contribution in [0.3, 0.4) is 0 Å². The van der Waals surface area contributed by atoms with E-state index in [0.717, 1.165) is 31.5 Å². The fourth-order valence-electron chi connectivity index (χ4n) is 4.24. The van der Waals surface area contributed by atoms with Gasteiger partial charge in [0.25, 0.3) is 5.91 Å². The number of phenols is 1. The van der Waals surface area contributed by atoms with E-state index in [4.69, 9.17) is 28.3 Å². The first-order valence-electron chi connectivity index (χ1n) is 10.6. The molecule has 32 heavy (non-hydrogen) atoms. The molecule has 0 saturated carbocycles. The Balaban J connectivity index is 0.00000289. The Morgan fingerprint density at radius 1 is 1.06 bits per heavy atom. The van der Waals surface area contributed by atoms with Crippen LogP contribution >= 0.6 is 35.6 Å². The molecule has 0 bridgehead atoms. The van der Waals surface area contributed by atoms with Gasteiger partial charge in [0.1, 0.15) is 11.5 Å². The van der Waals surface area contributed by atoms with Crippen molar-refractivity contribution < 1.29 is 9.90 Å². The largest absolute Gasteiger partial charge is 0.508 e. The van der Waals surface area contributed by atoms with E-state index in [2.05, 4.69) is 5.43 Å². The fourth-order valence-corrected chi connectivity index (χ4v) is 4.73. The van der Waals surface area contributed by atoms with E-state index in [-0.39, 0.29) is 36.0 Å². The van der Waals surface area contributed by atoms with Crippen LogP contribution in [0.15, 0.2) is 47.6 Å². The summed E-state index contributed by atoms with van der Waals surface area (Å²) in [4.78, 5) is 13.2. The van der Waals surface area contributed by atoms with Crippen molar-refractivity contribution in [1.82, 2.24) is 10.4 Å². The summed E-state index contributed by atoms with van der Waals surface area (Å²) in [7, 11) is 0. The Morgan fingerprint density at radius 3 is 2.34 bits per heavy atom. The number of hydrogen-bond donors (Lipinski definition) is 2. The number of benzene rings is 2. The molecule has 6 nitrogen and oxygen atoms in total. The number of nitrogens with zero attached hydrogens (tertiary/aromatic N) is 3. The number of nitrogens with one attached hydrogen (secondary N) is 1. The van der Waals surface area contributed by atoms with Crippen LogP contribution in [0, 0.1) is 5.92 Å². The smallest absolute Gasteiger partial charge is 0.282 e. The molecule has 0 unspecified atom stereocenters.